The fourth-order valence-electron chi connectivity index (χ4n) is 5.42. The highest BCUT2D eigenvalue weighted by atomic mass is 19.1. The quantitative estimate of drug-likeness (QED) is 0.441. The summed E-state index contributed by atoms with van der Waals surface area (Å²) in [7, 11) is 5.12. The van der Waals surface area contributed by atoms with Crippen LogP contribution in [0.4, 0.5) is 13.2 Å². The third-order valence-corrected chi connectivity index (χ3v) is 7.49. The van der Waals surface area contributed by atoms with Crippen molar-refractivity contribution in [3.8, 4) is 16.9 Å². The van der Waals surface area contributed by atoms with Gasteiger partial charge in [-0.3, -0.25) is 13.9 Å². The molecule has 0 N–H and O–H groups in total. The minimum absolute atomic E-state index is 0.0411. The van der Waals surface area contributed by atoms with Crippen molar-refractivity contribution in [1.29, 1.82) is 0 Å². The number of likely N-dealkylation sites (N-methyl/N-ethyl adjacent to an activating group) is 1. The fourth-order valence-corrected chi connectivity index (χ4v) is 5.42. The van der Waals surface area contributed by atoms with Crippen molar-refractivity contribution < 1.29 is 17.9 Å². The van der Waals surface area contributed by atoms with Gasteiger partial charge in [0.1, 0.15) is 11.6 Å². The van der Waals surface area contributed by atoms with E-state index in [1.54, 1.807) is 6.07 Å². The Morgan fingerprint density at radius 3 is 2.22 bits per heavy atom. The van der Waals surface area contributed by atoms with Crippen LogP contribution < -0.4 is 16.0 Å². The van der Waals surface area contributed by atoms with E-state index in [0.717, 1.165) is 47.0 Å². The van der Waals surface area contributed by atoms with E-state index in [9.17, 15) is 18.4 Å². The summed E-state index contributed by atoms with van der Waals surface area (Å²) in [5.74, 6) is -2.14. The maximum atomic E-state index is 15.4. The number of benzene rings is 2. The molecule has 2 aromatic carbocycles. The summed E-state index contributed by atoms with van der Waals surface area (Å²) in [6.07, 6.45) is 4.12. The monoisotopic (exact) mass is 515 g/mol. The summed E-state index contributed by atoms with van der Waals surface area (Å²) in [5, 5.41) is 0. The smallest absolute Gasteiger partial charge is 0.331 e. The lowest BCUT2D eigenvalue weighted by Gasteiger charge is -2.31. The maximum absolute atomic E-state index is 15.4. The van der Waals surface area contributed by atoms with Gasteiger partial charge in [0.05, 0.1) is 19.2 Å². The molecule has 1 aliphatic carbocycles. The zero-order valence-electron chi connectivity index (χ0n) is 21.6. The predicted molar refractivity (Wildman–Crippen MR) is 137 cm³/mol. The number of ether oxygens (including phenoxy) is 1. The molecule has 1 fully saturated rings. The molecule has 37 heavy (non-hydrogen) atoms. The van der Waals surface area contributed by atoms with Gasteiger partial charge in [0.25, 0.3) is 5.56 Å². The second-order valence-corrected chi connectivity index (χ2v) is 9.84. The first-order chi connectivity index (χ1) is 17.6. The molecule has 0 radical (unpaired) electrons. The van der Waals surface area contributed by atoms with Crippen LogP contribution in [0.15, 0.2) is 46.0 Å². The van der Waals surface area contributed by atoms with E-state index in [2.05, 4.69) is 0 Å². The molecule has 198 valence electrons. The van der Waals surface area contributed by atoms with E-state index < -0.39 is 35.2 Å². The van der Waals surface area contributed by atoms with Crippen molar-refractivity contribution >= 4 is 0 Å². The number of aromatic nitrogens is 2. The van der Waals surface area contributed by atoms with Crippen molar-refractivity contribution in [2.24, 2.45) is 5.92 Å². The van der Waals surface area contributed by atoms with E-state index in [1.165, 1.54) is 32.2 Å². The van der Waals surface area contributed by atoms with Crippen LogP contribution in [0.25, 0.3) is 11.1 Å². The van der Waals surface area contributed by atoms with Gasteiger partial charge in [-0.05, 0) is 58.0 Å². The Hall–Kier alpha value is -3.33. The molecular formula is C28H32F3N3O3. The van der Waals surface area contributed by atoms with Gasteiger partial charge < -0.3 is 9.64 Å². The second-order valence-electron chi connectivity index (χ2n) is 9.84. The third kappa shape index (κ3) is 5.09. The van der Waals surface area contributed by atoms with Crippen LogP contribution in [-0.2, 0) is 13.1 Å². The molecule has 0 bridgehead atoms. The lowest BCUT2D eigenvalue weighted by Crippen LogP contribution is -2.48. The van der Waals surface area contributed by atoms with E-state index in [4.69, 9.17) is 4.74 Å². The van der Waals surface area contributed by atoms with Crippen molar-refractivity contribution in [2.75, 3.05) is 21.2 Å². The molecule has 0 amide bonds. The maximum Gasteiger partial charge on any atom is 0.331 e. The van der Waals surface area contributed by atoms with Crippen LogP contribution in [0, 0.1) is 30.3 Å². The average Bonchev–Trinajstić information content (AvgIpc) is 3.38. The molecule has 1 saturated carbocycles. The van der Waals surface area contributed by atoms with Crippen LogP contribution in [0.2, 0.25) is 0 Å². The Kier molecular flexibility index (Phi) is 7.92. The molecule has 0 saturated heterocycles. The largest absolute Gasteiger partial charge is 0.494 e. The number of hydrogen-bond donors (Lipinski definition) is 0. The summed E-state index contributed by atoms with van der Waals surface area (Å²) in [4.78, 5) is 29.6. The van der Waals surface area contributed by atoms with Gasteiger partial charge in [-0.1, -0.05) is 31.0 Å². The number of hydrogen-bond acceptors (Lipinski definition) is 4. The Morgan fingerprint density at radius 1 is 1.00 bits per heavy atom. The SMILES string of the molecule is COc1cccc(-c2c(C)n(Cc3c(F)cccc3F)c(=O)n(C[C@@H](C3CCCC3)N(C)C)c2=O)c1F. The summed E-state index contributed by atoms with van der Waals surface area (Å²) < 4.78 is 51.9. The van der Waals surface area contributed by atoms with Gasteiger partial charge in [0.15, 0.2) is 11.6 Å². The fraction of sp³-hybridized carbons (Fsp3) is 0.429. The number of nitrogens with zero attached hydrogens (tertiary/aromatic N) is 3. The van der Waals surface area contributed by atoms with Crippen LogP contribution in [0.1, 0.15) is 36.9 Å². The average molecular weight is 516 g/mol. The van der Waals surface area contributed by atoms with Gasteiger partial charge in [-0.2, -0.15) is 0 Å². The Morgan fingerprint density at radius 2 is 1.62 bits per heavy atom. The molecule has 1 aromatic heterocycles. The highest BCUT2D eigenvalue weighted by molar-refractivity contribution is 5.67. The normalized spacial score (nSPS) is 14.9. The topological polar surface area (TPSA) is 56.5 Å². The molecule has 0 spiro atoms. The van der Waals surface area contributed by atoms with Gasteiger partial charge >= 0.3 is 5.69 Å². The van der Waals surface area contributed by atoms with Gasteiger partial charge in [0.2, 0.25) is 0 Å². The Balaban J connectivity index is 1.97. The van der Waals surface area contributed by atoms with E-state index in [0.29, 0.717) is 0 Å². The van der Waals surface area contributed by atoms with Crippen molar-refractivity contribution in [1.82, 2.24) is 14.0 Å². The molecule has 1 atom stereocenters. The van der Waals surface area contributed by atoms with Crippen LogP contribution >= 0.6 is 0 Å². The minimum atomic E-state index is -0.810. The van der Waals surface area contributed by atoms with E-state index in [1.807, 2.05) is 19.0 Å². The lowest BCUT2D eigenvalue weighted by atomic mass is 9.96. The van der Waals surface area contributed by atoms with Crippen LogP contribution in [0.5, 0.6) is 5.75 Å². The number of rotatable bonds is 8. The molecule has 0 aliphatic heterocycles. The number of halogens is 3. The first kappa shape index (κ1) is 26.7. The van der Waals surface area contributed by atoms with Crippen molar-refractivity contribution in [2.45, 2.75) is 51.7 Å². The predicted octanol–water partition coefficient (Wildman–Crippen LogP) is 4.58. The van der Waals surface area contributed by atoms with Gasteiger partial charge in [-0.25, -0.2) is 18.0 Å². The molecular weight excluding hydrogens is 483 g/mol. The highest BCUT2D eigenvalue weighted by Gasteiger charge is 2.30. The van der Waals surface area contributed by atoms with Crippen LogP contribution in [-0.4, -0.2) is 41.3 Å². The van der Waals surface area contributed by atoms with Crippen molar-refractivity contribution in [3.63, 3.8) is 0 Å². The molecule has 0 unspecified atom stereocenters. The zero-order valence-corrected chi connectivity index (χ0v) is 21.6. The standard InChI is InChI=1S/C28H32F3N3O3/c1-17-25(19-11-7-14-24(37-4)26(19)31)27(35)34(16-23(32(2)3)18-9-5-6-10-18)28(36)33(17)15-20-21(29)12-8-13-22(20)30/h7-8,11-14,18,23H,5-6,9-10,15-16H2,1-4H3/t23-/m0/s1. The molecule has 1 heterocycles. The molecule has 6 nitrogen and oxygen atoms in total. The summed E-state index contributed by atoms with van der Waals surface area (Å²) in [5.41, 5.74) is -1.62. The summed E-state index contributed by atoms with van der Waals surface area (Å²) in [6, 6.07) is 7.76. The van der Waals surface area contributed by atoms with Crippen LogP contribution in [0.3, 0.4) is 0 Å². The molecule has 4 rings (SSSR count). The van der Waals surface area contributed by atoms with Crippen molar-refractivity contribution in [3.05, 3.63) is 85.9 Å². The third-order valence-electron chi connectivity index (χ3n) is 7.49. The Bertz CT molecular complexity index is 1390. The van der Waals surface area contributed by atoms with Gasteiger partial charge in [0, 0.05) is 29.4 Å². The summed E-state index contributed by atoms with van der Waals surface area (Å²) >= 11 is 0. The minimum Gasteiger partial charge on any atom is -0.494 e. The molecule has 9 heteroatoms. The lowest BCUT2D eigenvalue weighted by molar-refractivity contribution is 0.183. The zero-order chi connectivity index (χ0) is 26.9. The summed E-state index contributed by atoms with van der Waals surface area (Å²) in [6.45, 7) is 1.12. The first-order valence-corrected chi connectivity index (χ1v) is 12.4. The number of methoxy groups -OCH3 is 1. The van der Waals surface area contributed by atoms with Gasteiger partial charge in [-0.15, -0.1) is 0 Å². The first-order valence-electron chi connectivity index (χ1n) is 12.4. The highest BCUT2D eigenvalue weighted by Crippen LogP contribution is 2.31. The molecule has 1 aliphatic rings. The molecule has 3 aromatic rings. The van der Waals surface area contributed by atoms with E-state index in [-0.39, 0.29) is 46.6 Å². The van der Waals surface area contributed by atoms with E-state index >= 15 is 4.39 Å². The Labute approximate surface area is 213 Å². The second kappa shape index (κ2) is 11.0.